The highest BCUT2D eigenvalue weighted by molar-refractivity contribution is 6.04. The molecule has 0 spiro atoms. The molecule has 1 aliphatic rings. The standard InChI is InChI=1S/C25H26N4O2.2ClH/c26-23(16-28-25(31)22-7-3-5-17-4-1-2-6-21(17)22)18-8-10-19(11-9-18)24(30)29-20-12-14-27-15-13-20;;/h1-2,4,6,8-15,22-23H,3,5,7,16,26H2,(H,28,31)(H,27,29,30);2*1H/t22-,23-;;/m1../s1. The van der Waals surface area contributed by atoms with Gasteiger partial charge in [-0.05, 0) is 60.2 Å². The average Bonchev–Trinajstić information content (AvgIpc) is 2.82. The predicted molar refractivity (Wildman–Crippen MR) is 135 cm³/mol. The molecule has 0 radical (unpaired) electrons. The van der Waals surface area contributed by atoms with Crippen molar-refractivity contribution in [2.24, 2.45) is 5.73 Å². The van der Waals surface area contributed by atoms with Crippen molar-refractivity contribution in [3.05, 3.63) is 95.3 Å². The maximum atomic E-state index is 12.8. The van der Waals surface area contributed by atoms with E-state index in [2.05, 4.69) is 21.7 Å². The lowest BCUT2D eigenvalue weighted by Gasteiger charge is -2.25. The molecule has 4 rings (SSSR count). The molecule has 0 saturated carbocycles. The maximum absolute atomic E-state index is 12.8. The van der Waals surface area contributed by atoms with Gasteiger partial charge in [0.1, 0.15) is 0 Å². The van der Waals surface area contributed by atoms with E-state index in [0.717, 1.165) is 30.4 Å². The van der Waals surface area contributed by atoms with Gasteiger partial charge in [-0.15, -0.1) is 24.8 Å². The number of hydrogen-bond acceptors (Lipinski definition) is 4. The normalized spacial score (nSPS) is 15.1. The minimum atomic E-state index is -0.347. The van der Waals surface area contributed by atoms with Crippen LogP contribution < -0.4 is 16.4 Å². The molecule has 2 atom stereocenters. The number of aromatic nitrogens is 1. The zero-order chi connectivity index (χ0) is 21.6. The zero-order valence-corrected chi connectivity index (χ0v) is 19.7. The second-order valence-electron chi connectivity index (χ2n) is 7.81. The Balaban J connectivity index is 0.00000193. The molecule has 2 amide bonds. The molecule has 1 aliphatic carbocycles. The fourth-order valence-electron chi connectivity index (χ4n) is 4.00. The van der Waals surface area contributed by atoms with Crippen LogP contribution in [-0.4, -0.2) is 23.3 Å². The monoisotopic (exact) mass is 486 g/mol. The molecule has 1 heterocycles. The highest BCUT2D eigenvalue weighted by Crippen LogP contribution is 2.31. The maximum Gasteiger partial charge on any atom is 0.255 e. The molecule has 0 fully saturated rings. The van der Waals surface area contributed by atoms with Crippen molar-refractivity contribution in [2.75, 3.05) is 11.9 Å². The fraction of sp³-hybridized carbons (Fsp3) is 0.240. The molecule has 0 bridgehead atoms. The summed E-state index contributed by atoms with van der Waals surface area (Å²) in [6.07, 6.45) is 6.15. The number of fused-ring (bicyclic) bond motifs is 1. The number of carbonyl (C=O) groups excluding carboxylic acids is 2. The Morgan fingerprint density at radius 1 is 1.00 bits per heavy atom. The summed E-state index contributed by atoms with van der Waals surface area (Å²) in [4.78, 5) is 29.1. The van der Waals surface area contributed by atoms with Crippen LogP contribution in [0.1, 0.15) is 51.8 Å². The highest BCUT2D eigenvalue weighted by Gasteiger charge is 2.26. The number of amides is 2. The van der Waals surface area contributed by atoms with E-state index >= 15 is 0 Å². The van der Waals surface area contributed by atoms with Crippen LogP contribution in [0.15, 0.2) is 73.1 Å². The molecule has 8 heteroatoms. The van der Waals surface area contributed by atoms with Gasteiger partial charge in [-0.1, -0.05) is 36.4 Å². The predicted octanol–water partition coefficient (Wildman–Crippen LogP) is 4.41. The van der Waals surface area contributed by atoms with Gasteiger partial charge in [0.05, 0.1) is 5.92 Å². The highest BCUT2D eigenvalue weighted by atomic mass is 35.5. The number of benzene rings is 2. The summed E-state index contributed by atoms with van der Waals surface area (Å²) in [5, 5.41) is 5.84. The number of rotatable bonds is 6. The van der Waals surface area contributed by atoms with Crippen molar-refractivity contribution >= 4 is 42.3 Å². The molecule has 0 unspecified atom stereocenters. The molecule has 33 heavy (non-hydrogen) atoms. The molecule has 0 saturated heterocycles. The Morgan fingerprint density at radius 2 is 1.70 bits per heavy atom. The van der Waals surface area contributed by atoms with Gasteiger partial charge in [0, 0.05) is 36.2 Å². The van der Waals surface area contributed by atoms with Crippen LogP contribution in [-0.2, 0) is 11.2 Å². The van der Waals surface area contributed by atoms with Gasteiger partial charge in [0.25, 0.3) is 5.91 Å². The molecule has 4 N–H and O–H groups in total. The van der Waals surface area contributed by atoms with Crippen molar-refractivity contribution in [3.8, 4) is 0 Å². The molecule has 0 aliphatic heterocycles. The lowest BCUT2D eigenvalue weighted by molar-refractivity contribution is -0.122. The fourth-order valence-corrected chi connectivity index (χ4v) is 4.00. The van der Waals surface area contributed by atoms with E-state index in [1.807, 2.05) is 30.3 Å². The Bertz CT molecular complexity index is 1060. The molecule has 3 aromatic rings. The second kappa shape index (κ2) is 12.3. The number of nitrogens with one attached hydrogen (secondary N) is 2. The second-order valence-corrected chi connectivity index (χ2v) is 7.81. The summed E-state index contributed by atoms with van der Waals surface area (Å²) < 4.78 is 0. The SMILES string of the molecule is Cl.Cl.N[C@H](CNC(=O)[C@@H]1CCCc2ccccc21)c1ccc(C(=O)Nc2ccncc2)cc1. The quantitative estimate of drug-likeness (QED) is 0.480. The average molecular weight is 487 g/mol. The number of anilines is 1. The number of carbonyl (C=O) groups is 2. The summed E-state index contributed by atoms with van der Waals surface area (Å²) in [6.45, 7) is 0.347. The van der Waals surface area contributed by atoms with Gasteiger partial charge in [-0.25, -0.2) is 0 Å². The lowest BCUT2D eigenvalue weighted by atomic mass is 9.82. The summed E-state index contributed by atoms with van der Waals surface area (Å²) in [5.41, 5.74) is 10.8. The molecule has 2 aromatic carbocycles. The summed E-state index contributed by atoms with van der Waals surface area (Å²) in [5.74, 6) is -0.289. The van der Waals surface area contributed by atoms with Gasteiger partial charge in [0.2, 0.25) is 5.91 Å². The zero-order valence-electron chi connectivity index (χ0n) is 18.1. The first-order valence-corrected chi connectivity index (χ1v) is 10.5. The van der Waals surface area contributed by atoms with Crippen LogP contribution in [0, 0.1) is 0 Å². The summed E-state index contributed by atoms with van der Waals surface area (Å²) in [6, 6.07) is 18.4. The van der Waals surface area contributed by atoms with Crippen molar-refractivity contribution in [1.82, 2.24) is 10.3 Å². The van der Waals surface area contributed by atoms with Crippen LogP contribution in [0.3, 0.4) is 0 Å². The van der Waals surface area contributed by atoms with Crippen molar-refractivity contribution < 1.29 is 9.59 Å². The van der Waals surface area contributed by atoms with Gasteiger partial charge in [0.15, 0.2) is 0 Å². The third kappa shape index (κ3) is 6.54. The minimum absolute atomic E-state index is 0. The number of nitrogens with two attached hydrogens (primary N) is 1. The Hall–Kier alpha value is -2.93. The van der Waals surface area contributed by atoms with Crippen molar-refractivity contribution in [3.63, 3.8) is 0 Å². The number of nitrogens with zero attached hydrogens (tertiary/aromatic N) is 1. The van der Waals surface area contributed by atoms with Crippen LogP contribution >= 0.6 is 24.8 Å². The van der Waals surface area contributed by atoms with Crippen molar-refractivity contribution in [1.29, 1.82) is 0 Å². The number of aryl methyl sites for hydroxylation is 1. The third-order valence-corrected chi connectivity index (χ3v) is 5.72. The Labute approximate surface area is 206 Å². The first kappa shape index (κ1) is 26.3. The molecule has 6 nitrogen and oxygen atoms in total. The molecular formula is C25H28Cl2N4O2. The van der Waals surface area contributed by atoms with Gasteiger partial charge in [-0.2, -0.15) is 0 Å². The lowest BCUT2D eigenvalue weighted by Crippen LogP contribution is -2.36. The van der Waals surface area contributed by atoms with E-state index in [1.165, 1.54) is 5.56 Å². The first-order chi connectivity index (χ1) is 15.1. The Morgan fingerprint density at radius 3 is 2.42 bits per heavy atom. The van der Waals surface area contributed by atoms with Crippen molar-refractivity contribution in [2.45, 2.75) is 31.2 Å². The summed E-state index contributed by atoms with van der Waals surface area (Å²) in [7, 11) is 0. The van der Waals surface area contributed by atoms with Gasteiger partial charge < -0.3 is 16.4 Å². The van der Waals surface area contributed by atoms with E-state index < -0.39 is 0 Å². The van der Waals surface area contributed by atoms with E-state index in [1.54, 1.807) is 36.7 Å². The number of halogens is 2. The smallest absolute Gasteiger partial charge is 0.255 e. The van der Waals surface area contributed by atoms with Gasteiger partial charge >= 0.3 is 0 Å². The molecule has 174 valence electrons. The van der Waals surface area contributed by atoms with Gasteiger partial charge in [-0.3, -0.25) is 14.6 Å². The van der Waals surface area contributed by atoms with E-state index in [4.69, 9.17) is 5.73 Å². The van der Waals surface area contributed by atoms with Crippen LogP contribution in [0.5, 0.6) is 0 Å². The first-order valence-electron chi connectivity index (χ1n) is 10.5. The molecular weight excluding hydrogens is 459 g/mol. The third-order valence-electron chi connectivity index (χ3n) is 5.72. The summed E-state index contributed by atoms with van der Waals surface area (Å²) >= 11 is 0. The number of hydrogen-bond donors (Lipinski definition) is 3. The number of pyridine rings is 1. The van der Waals surface area contributed by atoms with E-state index in [0.29, 0.717) is 17.8 Å². The topological polar surface area (TPSA) is 97.1 Å². The largest absolute Gasteiger partial charge is 0.354 e. The minimum Gasteiger partial charge on any atom is -0.354 e. The Kier molecular flexibility index (Phi) is 9.85. The van der Waals surface area contributed by atoms with Crippen LogP contribution in [0.2, 0.25) is 0 Å². The van der Waals surface area contributed by atoms with E-state index in [-0.39, 0.29) is 48.6 Å². The van der Waals surface area contributed by atoms with E-state index in [9.17, 15) is 9.59 Å². The van der Waals surface area contributed by atoms with Crippen LogP contribution in [0.25, 0.3) is 0 Å². The molecule has 1 aromatic heterocycles. The van der Waals surface area contributed by atoms with Crippen LogP contribution in [0.4, 0.5) is 5.69 Å².